The van der Waals surface area contributed by atoms with Gasteiger partial charge in [0.1, 0.15) is 5.75 Å². The zero-order valence-electron chi connectivity index (χ0n) is 17.9. The molecule has 0 bridgehead atoms. The van der Waals surface area contributed by atoms with Crippen molar-refractivity contribution >= 4 is 23.4 Å². The second-order valence-electron chi connectivity index (χ2n) is 7.17. The van der Waals surface area contributed by atoms with E-state index < -0.39 is 17.9 Å². The first kappa shape index (κ1) is 22.6. The first-order valence-corrected chi connectivity index (χ1v) is 10.3. The Hall–Kier alpha value is -4.13. The van der Waals surface area contributed by atoms with E-state index in [4.69, 9.17) is 4.74 Å². The molecule has 0 saturated carbocycles. The molecular formula is C25H25N3O4. The third kappa shape index (κ3) is 6.18. The monoisotopic (exact) mass is 431 g/mol. The van der Waals surface area contributed by atoms with Crippen LogP contribution in [0.2, 0.25) is 0 Å². The molecule has 0 spiro atoms. The van der Waals surface area contributed by atoms with Crippen molar-refractivity contribution in [3.8, 4) is 5.75 Å². The number of hydrogen-bond acceptors (Lipinski definition) is 4. The van der Waals surface area contributed by atoms with E-state index >= 15 is 0 Å². The molecule has 164 valence electrons. The molecule has 0 unspecified atom stereocenters. The van der Waals surface area contributed by atoms with Crippen LogP contribution in [0.1, 0.15) is 39.6 Å². The van der Waals surface area contributed by atoms with Crippen molar-refractivity contribution in [2.75, 3.05) is 5.32 Å². The highest BCUT2D eigenvalue weighted by Gasteiger charge is 2.19. The lowest BCUT2D eigenvalue weighted by Crippen LogP contribution is -2.47. The zero-order chi connectivity index (χ0) is 22.9. The maximum atomic E-state index is 12.4. The number of ether oxygens (including phenoxy) is 1. The number of benzene rings is 3. The fourth-order valence-electron chi connectivity index (χ4n) is 2.87. The zero-order valence-corrected chi connectivity index (χ0v) is 17.9. The van der Waals surface area contributed by atoms with Gasteiger partial charge in [-0.3, -0.25) is 25.2 Å². The molecule has 0 aliphatic heterocycles. The first-order valence-electron chi connectivity index (χ1n) is 10.3. The van der Waals surface area contributed by atoms with Gasteiger partial charge in [0.2, 0.25) is 0 Å². The maximum absolute atomic E-state index is 12.4. The number of anilines is 1. The summed E-state index contributed by atoms with van der Waals surface area (Å²) in [5, 5.41) is 2.77. The predicted octanol–water partition coefficient (Wildman–Crippen LogP) is 3.87. The summed E-state index contributed by atoms with van der Waals surface area (Å²) in [6.45, 7) is 3.79. The largest absolute Gasteiger partial charge is 0.481 e. The van der Waals surface area contributed by atoms with E-state index in [-0.39, 0.29) is 5.91 Å². The van der Waals surface area contributed by atoms with Crippen LogP contribution in [0.5, 0.6) is 5.75 Å². The summed E-state index contributed by atoms with van der Waals surface area (Å²) in [7, 11) is 0. The second kappa shape index (κ2) is 10.8. The van der Waals surface area contributed by atoms with Gasteiger partial charge in [-0.1, -0.05) is 42.8 Å². The van der Waals surface area contributed by atoms with Gasteiger partial charge in [-0.2, -0.15) is 0 Å². The lowest BCUT2D eigenvalue weighted by atomic mass is 10.1. The van der Waals surface area contributed by atoms with Gasteiger partial charge in [0, 0.05) is 16.8 Å². The Kier molecular flexibility index (Phi) is 7.59. The van der Waals surface area contributed by atoms with Crippen LogP contribution >= 0.6 is 0 Å². The Labute approximate surface area is 186 Å². The number of nitrogens with one attached hydrogen (secondary N) is 3. The number of rotatable bonds is 7. The molecule has 3 aromatic rings. The molecule has 3 rings (SSSR count). The van der Waals surface area contributed by atoms with Crippen LogP contribution in [-0.4, -0.2) is 23.8 Å². The van der Waals surface area contributed by atoms with Crippen LogP contribution in [0.15, 0.2) is 78.9 Å². The van der Waals surface area contributed by atoms with Gasteiger partial charge in [-0.15, -0.1) is 0 Å². The third-order valence-corrected chi connectivity index (χ3v) is 4.70. The summed E-state index contributed by atoms with van der Waals surface area (Å²) in [4.78, 5) is 37.0. The molecule has 0 aromatic heterocycles. The Morgan fingerprint density at radius 2 is 1.41 bits per heavy atom. The SMILES string of the molecule is CC[C@H](Oc1ccc(C)cc1)C(=O)NNC(=O)c1ccc(NC(=O)c2ccccc2)cc1. The van der Waals surface area contributed by atoms with Gasteiger partial charge in [-0.05, 0) is 61.9 Å². The fraction of sp³-hybridized carbons (Fsp3) is 0.160. The average Bonchev–Trinajstić information content (AvgIpc) is 2.83. The minimum Gasteiger partial charge on any atom is -0.481 e. The van der Waals surface area contributed by atoms with Gasteiger partial charge >= 0.3 is 0 Å². The Bertz CT molecular complexity index is 1060. The van der Waals surface area contributed by atoms with Crippen LogP contribution in [0.3, 0.4) is 0 Å². The van der Waals surface area contributed by atoms with Crippen LogP contribution in [0.25, 0.3) is 0 Å². The Morgan fingerprint density at radius 3 is 2.03 bits per heavy atom. The van der Waals surface area contributed by atoms with Gasteiger partial charge < -0.3 is 10.1 Å². The molecule has 0 aliphatic rings. The van der Waals surface area contributed by atoms with Crippen LogP contribution in [-0.2, 0) is 4.79 Å². The van der Waals surface area contributed by atoms with E-state index in [1.54, 1.807) is 60.7 Å². The Balaban J connectivity index is 1.52. The molecule has 0 fully saturated rings. The summed E-state index contributed by atoms with van der Waals surface area (Å²) in [6.07, 6.45) is -0.306. The van der Waals surface area contributed by atoms with Crippen LogP contribution in [0, 0.1) is 6.92 Å². The Morgan fingerprint density at radius 1 is 0.781 bits per heavy atom. The maximum Gasteiger partial charge on any atom is 0.279 e. The molecule has 3 N–H and O–H groups in total. The lowest BCUT2D eigenvalue weighted by molar-refractivity contribution is -0.128. The number of hydrogen-bond donors (Lipinski definition) is 3. The number of hydrazine groups is 1. The molecule has 7 heteroatoms. The second-order valence-corrected chi connectivity index (χ2v) is 7.17. The predicted molar refractivity (Wildman–Crippen MR) is 122 cm³/mol. The van der Waals surface area contributed by atoms with Crippen molar-refractivity contribution in [1.82, 2.24) is 10.9 Å². The van der Waals surface area contributed by atoms with Gasteiger partial charge in [-0.25, -0.2) is 0 Å². The number of aryl methyl sites for hydroxylation is 1. The summed E-state index contributed by atoms with van der Waals surface area (Å²) in [6, 6.07) is 22.6. The van der Waals surface area contributed by atoms with Gasteiger partial charge in [0.25, 0.3) is 17.7 Å². The van der Waals surface area contributed by atoms with E-state index in [2.05, 4.69) is 16.2 Å². The number of carbonyl (C=O) groups excluding carboxylic acids is 3. The normalized spacial score (nSPS) is 11.2. The highest BCUT2D eigenvalue weighted by Crippen LogP contribution is 2.15. The van der Waals surface area contributed by atoms with Gasteiger partial charge in [0.05, 0.1) is 0 Å². The number of carbonyl (C=O) groups is 3. The summed E-state index contributed by atoms with van der Waals surface area (Å²) >= 11 is 0. The van der Waals surface area contributed by atoms with Crippen molar-refractivity contribution in [2.24, 2.45) is 0 Å². The molecule has 0 saturated heterocycles. The third-order valence-electron chi connectivity index (χ3n) is 4.70. The average molecular weight is 431 g/mol. The van der Waals surface area contributed by atoms with E-state index in [1.807, 2.05) is 32.0 Å². The smallest absolute Gasteiger partial charge is 0.279 e. The summed E-state index contributed by atoms with van der Waals surface area (Å²) < 4.78 is 5.70. The van der Waals surface area contributed by atoms with Gasteiger partial charge in [0.15, 0.2) is 6.10 Å². The molecule has 0 aliphatic carbocycles. The van der Waals surface area contributed by atoms with Crippen LogP contribution < -0.4 is 20.9 Å². The summed E-state index contributed by atoms with van der Waals surface area (Å²) in [5.41, 5.74) is 7.30. The minimum absolute atomic E-state index is 0.241. The lowest BCUT2D eigenvalue weighted by Gasteiger charge is -2.17. The quantitative estimate of drug-likeness (QED) is 0.495. The topological polar surface area (TPSA) is 96.5 Å². The molecule has 0 heterocycles. The minimum atomic E-state index is -0.742. The highest BCUT2D eigenvalue weighted by molar-refractivity contribution is 6.04. The molecule has 1 atom stereocenters. The molecule has 3 aromatic carbocycles. The molecule has 0 radical (unpaired) electrons. The van der Waals surface area contributed by atoms with E-state index in [0.29, 0.717) is 29.0 Å². The molecular weight excluding hydrogens is 406 g/mol. The van der Waals surface area contributed by atoms with Crippen molar-refractivity contribution < 1.29 is 19.1 Å². The van der Waals surface area contributed by atoms with E-state index in [0.717, 1.165) is 5.56 Å². The van der Waals surface area contributed by atoms with Crippen molar-refractivity contribution in [2.45, 2.75) is 26.4 Å². The van der Waals surface area contributed by atoms with Crippen molar-refractivity contribution in [3.05, 3.63) is 95.6 Å². The molecule has 7 nitrogen and oxygen atoms in total. The van der Waals surface area contributed by atoms with E-state index in [1.165, 1.54) is 0 Å². The van der Waals surface area contributed by atoms with Crippen molar-refractivity contribution in [3.63, 3.8) is 0 Å². The first-order chi connectivity index (χ1) is 15.5. The molecule has 3 amide bonds. The van der Waals surface area contributed by atoms with E-state index in [9.17, 15) is 14.4 Å². The highest BCUT2D eigenvalue weighted by atomic mass is 16.5. The number of amides is 3. The fourth-order valence-corrected chi connectivity index (χ4v) is 2.87. The summed E-state index contributed by atoms with van der Waals surface area (Å²) in [5.74, 6) is -0.594. The standard InChI is InChI=1S/C25H25N3O4/c1-3-22(32-21-15-9-17(2)10-16-21)25(31)28-27-24(30)19-11-13-20(14-12-19)26-23(29)18-7-5-4-6-8-18/h4-16,22H,3H2,1-2H3,(H,26,29)(H,27,30)(H,28,31)/t22-/m0/s1. The molecule has 32 heavy (non-hydrogen) atoms. The van der Waals surface area contributed by atoms with Crippen molar-refractivity contribution in [1.29, 1.82) is 0 Å². The van der Waals surface area contributed by atoms with Crippen LogP contribution in [0.4, 0.5) is 5.69 Å².